The Bertz CT molecular complexity index is 358. The molecule has 16 heavy (non-hydrogen) atoms. The van der Waals surface area contributed by atoms with E-state index < -0.39 is 0 Å². The van der Waals surface area contributed by atoms with Gasteiger partial charge in [0.15, 0.2) is 12.4 Å². The number of anilines is 1. The Kier molecular flexibility index (Phi) is 3.36. The Hall–Kier alpha value is -1.62. The highest BCUT2D eigenvalue weighted by molar-refractivity contribution is 5.57. The lowest BCUT2D eigenvalue weighted by Gasteiger charge is -2.28. The van der Waals surface area contributed by atoms with Gasteiger partial charge >= 0.3 is 6.09 Å². The van der Waals surface area contributed by atoms with Crippen LogP contribution in [0.3, 0.4) is 0 Å². The van der Waals surface area contributed by atoms with Crippen molar-refractivity contribution in [1.29, 1.82) is 0 Å². The second-order valence-corrected chi connectivity index (χ2v) is 3.53. The van der Waals surface area contributed by atoms with E-state index in [0.29, 0.717) is 0 Å². The fourth-order valence-corrected chi connectivity index (χ4v) is 1.68. The van der Waals surface area contributed by atoms with Crippen LogP contribution in [-0.4, -0.2) is 39.5 Å². The van der Waals surface area contributed by atoms with Crippen LogP contribution >= 0.6 is 0 Å². The zero-order valence-corrected chi connectivity index (χ0v) is 9.26. The van der Waals surface area contributed by atoms with Gasteiger partial charge in [0, 0.05) is 30.9 Å². The second-order valence-electron chi connectivity index (χ2n) is 3.53. The van der Waals surface area contributed by atoms with E-state index in [0.717, 1.165) is 32.0 Å². The first-order valence-electron chi connectivity index (χ1n) is 5.23. The molecular formula is C11H15N2O3+. The van der Waals surface area contributed by atoms with Crippen LogP contribution < -0.4 is 9.47 Å². The third-order valence-corrected chi connectivity index (χ3v) is 2.57. The molecule has 0 spiro atoms. The van der Waals surface area contributed by atoms with Gasteiger partial charge in [0.1, 0.15) is 0 Å². The van der Waals surface area contributed by atoms with E-state index in [4.69, 9.17) is 4.74 Å². The number of pyridine rings is 1. The van der Waals surface area contributed by atoms with Gasteiger partial charge in [0.05, 0.1) is 20.3 Å². The summed E-state index contributed by atoms with van der Waals surface area (Å²) in [5.41, 5.74) is 1.10. The highest BCUT2D eigenvalue weighted by Gasteiger charge is 2.16. The predicted octanol–water partition coefficient (Wildman–Crippen LogP) is 0.425. The smallest absolute Gasteiger partial charge is 0.415 e. The molecule has 86 valence electrons. The van der Waals surface area contributed by atoms with E-state index in [1.54, 1.807) is 12.4 Å². The summed E-state index contributed by atoms with van der Waals surface area (Å²) in [5, 5.41) is 0. The van der Waals surface area contributed by atoms with Crippen LogP contribution in [0.25, 0.3) is 0 Å². The molecule has 0 radical (unpaired) electrons. The molecule has 5 heteroatoms. The lowest BCUT2D eigenvalue weighted by molar-refractivity contribution is -0.585. The summed E-state index contributed by atoms with van der Waals surface area (Å²) in [6.07, 6.45) is 3.03. The van der Waals surface area contributed by atoms with Crippen LogP contribution in [0.5, 0.6) is 0 Å². The van der Waals surface area contributed by atoms with Crippen LogP contribution in [0.1, 0.15) is 0 Å². The summed E-state index contributed by atoms with van der Waals surface area (Å²) >= 11 is 0. The molecule has 0 N–H and O–H groups in total. The van der Waals surface area contributed by atoms with Crippen molar-refractivity contribution in [3.8, 4) is 0 Å². The highest BCUT2D eigenvalue weighted by atomic mass is 16.5. The van der Waals surface area contributed by atoms with Gasteiger partial charge in [0.2, 0.25) is 0 Å². The average molecular weight is 223 g/mol. The summed E-state index contributed by atoms with van der Waals surface area (Å²) in [7, 11) is 1.37. The zero-order chi connectivity index (χ0) is 11.4. The maximum atomic E-state index is 11.2. The van der Waals surface area contributed by atoms with Crippen molar-refractivity contribution in [3.05, 3.63) is 24.5 Å². The minimum absolute atomic E-state index is 0.381. The fourth-order valence-electron chi connectivity index (χ4n) is 1.68. The van der Waals surface area contributed by atoms with Gasteiger partial charge in [-0.05, 0) is 0 Å². The lowest BCUT2D eigenvalue weighted by atomic mass is 10.3. The van der Waals surface area contributed by atoms with E-state index in [2.05, 4.69) is 9.64 Å². The van der Waals surface area contributed by atoms with Crippen LogP contribution in [0.4, 0.5) is 10.5 Å². The number of carbonyl (C=O) groups is 1. The first-order valence-corrected chi connectivity index (χ1v) is 5.23. The third kappa shape index (κ3) is 2.30. The summed E-state index contributed by atoms with van der Waals surface area (Å²) in [5.74, 6) is 0. The molecule has 0 unspecified atom stereocenters. The van der Waals surface area contributed by atoms with Crippen molar-refractivity contribution in [2.45, 2.75) is 0 Å². The molecule has 1 fully saturated rings. The monoisotopic (exact) mass is 223 g/mol. The van der Waals surface area contributed by atoms with Gasteiger partial charge < -0.3 is 14.4 Å². The van der Waals surface area contributed by atoms with E-state index in [1.165, 1.54) is 11.7 Å². The van der Waals surface area contributed by atoms with Crippen molar-refractivity contribution in [2.24, 2.45) is 0 Å². The van der Waals surface area contributed by atoms with Gasteiger partial charge in [-0.15, -0.1) is 0 Å². The molecule has 0 bridgehead atoms. The van der Waals surface area contributed by atoms with Crippen molar-refractivity contribution >= 4 is 11.8 Å². The normalized spacial score (nSPS) is 15.9. The molecule has 1 aliphatic heterocycles. The van der Waals surface area contributed by atoms with E-state index in [9.17, 15) is 4.79 Å². The topological polar surface area (TPSA) is 42.7 Å². The SMILES string of the molecule is COC(=O)[n+]1ccc(N2CCOCC2)cc1. The van der Waals surface area contributed by atoms with Crippen molar-refractivity contribution < 1.29 is 18.8 Å². The lowest BCUT2D eigenvalue weighted by Crippen LogP contribution is -2.42. The van der Waals surface area contributed by atoms with Crippen LogP contribution in [-0.2, 0) is 9.47 Å². The molecular weight excluding hydrogens is 208 g/mol. The van der Waals surface area contributed by atoms with Crippen molar-refractivity contribution in [3.63, 3.8) is 0 Å². The van der Waals surface area contributed by atoms with Gasteiger partial charge in [-0.2, -0.15) is 4.79 Å². The molecule has 0 amide bonds. The first-order chi connectivity index (χ1) is 7.81. The van der Waals surface area contributed by atoms with Crippen molar-refractivity contribution in [1.82, 2.24) is 0 Å². The molecule has 1 aromatic heterocycles. The molecule has 1 aromatic rings. The third-order valence-electron chi connectivity index (χ3n) is 2.57. The maximum Gasteiger partial charge on any atom is 0.601 e. The Labute approximate surface area is 94.2 Å². The number of aromatic nitrogens is 1. The largest absolute Gasteiger partial charge is 0.601 e. The number of rotatable bonds is 1. The molecule has 0 aromatic carbocycles. The van der Waals surface area contributed by atoms with Crippen LogP contribution in [0.2, 0.25) is 0 Å². The number of nitrogens with zero attached hydrogens (tertiary/aromatic N) is 2. The molecule has 0 saturated carbocycles. The quantitative estimate of drug-likeness (QED) is 0.647. The molecule has 2 rings (SSSR count). The molecule has 1 saturated heterocycles. The first kappa shape index (κ1) is 10.9. The zero-order valence-electron chi connectivity index (χ0n) is 9.26. The highest BCUT2D eigenvalue weighted by Crippen LogP contribution is 2.12. The van der Waals surface area contributed by atoms with E-state index in [-0.39, 0.29) is 6.09 Å². The summed E-state index contributed by atoms with van der Waals surface area (Å²) < 4.78 is 11.3. The average Bonchev–Trinajstić information content (AvgIpc) is 2.39. The Balaban J connectivity index is 2.09. The molecule has 2 heterocycles. The van der Waals surface area contributed by atoms with E-state index >= 15 is 0 Å². The number of hydrogen-bond donors (Lipinski definition) is 0. The number of methoxy groups -OCH3 is 1. The van der Waals surface area contributed by atoms with Crippen molar-refractivity contribution in [2.75, 3.05) is 38.3 Å². The van der Waals surface area contributed by atoms with Gasteiger partial charge in [-0.3, -0.25) is 0 Å². The Morgan fingerprint density at radius 2 is 2.00 bits per heavy atom. The van der Waals surface area contributed by atoms with Crippen LogP contribution in [0.15, 0.2) is 24.5 Å². The Morgan fingerprint density at radius 3 is 2.56 bits per heavy atom. The molecule has 1 aliphatic rings. The van der Waals surface area contributed by atoms with Crippen LogP contribution in [0, 0.1) is 0 Å². The number of ether oxygens (including phenoxy) is 2. The molecule has 0 aliphatic carbocycles. The number of carbonyl (C=O) groups excluding carboxylic acids is 1. The number of hydrogen-bond acceptors (Lipinski definition) is 4. The summed E-state index contributed by atoms with van der Waals surface area (Å²) in [4.78, 5) is 13.4. The second kappa shape index (κ2) is 4.94. The minimum Gasteiger partial charge on any atom is -0.415 e. The minimum atomic E-state index is -0.381. The molecule has 5 nitrogen and oxygen atoms in total. The van der Waals surface area contributed by atoms with E-state index in [1.807, 2.05) is 12.1 Å². The Morgan fingerprint density at radius 1 is 1.38 bits per heavy atom. The standard InChI is InChI=1S/C11H15N2O3/c1-15-11(14)13-4-2-10(3-5-13)12-6-8-16-9-7-12/h2-5H,6-9H2,1H3/q+1. The fraction of sp³-hybridized carbons (Fsp3) is 0.455. The maximum absolute atomic E-state index is 11.2. The number of morpholine rings is 1. The van der Waals surface area contributed by atoms with Gasteiger partial charge in [-0.25, -0.2) is 0 Å². The molecule has 0 atom stereocenters. The van der Waals surface area contributed by atoms with Gasteiger partial charge in [0.25, 0.3) is 0 Å². The predicted molar refractivity (Wildman–Crippen MR) is 57.5 cm³/mol. The summed E-state index contributed by atoms with van der Waals surface area (Å²) in [6.45, 7) is 3.29. The van der Waals surface area contributed by atoms with Gasteiger partial charge in [-0.1, -0.05) is 4.57 Å². The summed E-state index contributed by atoms with van der Waals surface area (Å²) in [6, 6.07) is 3.81.